The Balaban J connectivity index is 1.41. The summed E-state index contributed by atoms with van der Waals surface area (Å²) in [5, 5.41) is 3.03. The van der Waals surface area contributed by atoms with Crippen LogP contribution in [-0.2, 0) is 9.59 Å². The van der Waals surface area contributed by atoms with Crippen molar-refractivity contribution in [2.45, 2.75) is 39.5 Å². The van der Waals surface area contributed by atoms with Crippen LogP contribution in [0.25, 0.3) is 0 Å². The normalized spacial score (nSPS) is 24.1. The van der Waals surface area contributed by atoms with Crippen LogP contribution in [0.5, 0.6) is 0 Å². The number of anilines is 1. The summed E-state index contributed by atoms with van der Waals surface area (Å²) in [5.41, 5.74) is 2.05. The number of carbonyl (C=O) groups excluding carboxylic acids is 2. The van der Waals surface area contributed by atoms with Gasteiger partial charge < -0.3 is 15.1 Å². The first-order valence-corrected chi connectivity index (χ1v) is 9.90. The zero-order chi connectivity index (χ0) is 18.5. The molecule has 1 aromatic carbocycles. The van der Waals surface area contributed by atoms with E-state index >= 15 is 0 Å². The molecule has 2 aliphatic rings. The smallest absolute Gasteiger partial charge is 0.227 e. The van der Waals surface area contributed by atoms with Crippen molar-refractivity contribution in [2.24, 2.45) is 11.8 Å². The van der Waals surface area contributed by atoms with Crippen molar-refractivity contribution in [1.82, 2.24) is 10.2 Å². The van der Waals surface area contributed by atoms with Crippen molar-refractivity contribution in [3.05, 3.63) is 29.8 Å². The number of nitrogens with one attached hydrogen (secondary N) is 1. The van der Waals surface area contributed by atoms with Crippen molar-refractivity contribution in [1.29, 1.82) is 0 Å². The topological polar surface area (TPSA) is 52.7 Å². The molecule has 26 heavy (non-hydrogen) atoms. The predicted octanol–water partition coefficient (Wildman–Crippen LogP) is 2.59. The van der Waals surface area contributed by atoms with Crippen molar-refractivity contribution in [2.75, 3.05) is 37.6 Å². The Morgan fingerprint density at radius 3 is 2.73 bits per heavy atom. The van der Waals surface area contributed by atoms with Gasteiger partial charge in [0.25, 0.3) is 0 Å². The van der Waals surface area contributed by atoms with Gasteiger partial charge in [-0.25, -0.2) is 0 Å². The van der Waals surface area contributed by atoms with E-state index in [9.17, 15) is 9.59 Å². The average molecular weight is 357 g/mol. The maximum Gasteiger partial charge on any atom is 0.227 e. The first-order valence-electron chi connectivity index (χ1n) is 9.90. The molecular formula is C21H31N3O2. The number of piperidine rings is 1. The third-order valence-corrected chi connectivity index (χ3v) is 5.53. The highest BCUT2D eigenvalue weighted by molar-refractivity contribution is 6.00. The summed E-state index contributed by atoms with van der Waals surface area (Å²) in [6.07, 6.45) is 3.90. The van der Waals surface area contributed by atoms with Crippen LogP contribution in [0, 0.1) is 18.8 Å². The first-order chi connectivity index (χ1) is 12.5. The highest BCUT2D eigenvalue weighted by Crippen LogP contribution is 2.25. The van der Waals surface area contributed by atoms with E-state index in [4.69, 9.17) is 0 Å². The second-order valence-electron chi connectivity index (χ2n) is 7.93. The van der Waals surface area contributed by atoms with Crippen LogP contribution in [0.3, 0.4) is 0 Å². The Bertz CT molecular complexity index is 629. The summed E-state index contributed by atoms with van der Waals surface area (Å²) >= 11 is 0. The number of nitrogens with zero attached hydrogens (tertiary/aromatic N) is 2. The van der Waals surface area contributed by atoms with Crippen molar-refractivity contribution in [3.8, 4) is 0 Å². The van der Waals surface area contributed by atoms with Gasteiger partial charge in [0, 0.05) is 31.7 Å². The maximum absolute atomic E-state index is 12.4. The number of benzene rings is 1. The Hall–Kier alpha value is -1.88. The van der Waals surface area contributed by atoms with E-state index in [0.29, 0.717) is 19.5 Å². The molecular weight excluding hydrogens is 326 g/mol. The molecule has 2 fully saturated rings. The van der Waals surface area contributed by atoms with Crippen molar-refractivity contribution >= 4 is 17.5 Å². The number of hydrogen-bond acceptors (Lipinski definition) is 3. The molecule has 0 spiro atoms. The molecule has 0 aliphatic carbocycles. The number of rotatable bonds is 6. The Kier molecular flexibility index (Phi) is 6.30. The van der Waals surface area contributed by atoms with E-state index < -0.39 is 0 Å². The number of likely N-dealkylation sites (tertiary alicyclic amines) is 1. The number of aryl methyl sites for hydroxylation is 1. The maximum atomic E-state index is 12.4. The molecule has 2 unspecified atom stereocenters. The summed E-state index contributed by atoms with van der Waals surface area (Å²) in [7, 11) is 0. The monoisotopic (exact) mass is 357 g/mol. The molecule has 2 saturated heterocycles. The third-order valence-electron chi connectivity index (χ3n) is 5.53. The van der Waals surface area contributed by atoms with E-state index in [-0.39, 0.29) is 17.7 Å². The van der Waals surface area contributed by atoms with Gasteiger partial charge in [0.15, 0.2) is 0 Å². The van der Waals surface area contributed by atoms with Crippen LogP contribution in [0.2, 0.25) is 0 Å². The molecule has 1 aromatic rings. The summed E-state index contributed by atoms with van der Waals surface area (Å²) in [6, 6.07) is 7.90. The van der Waals surface area contributed by atoms with Gasteiger partial charge in [-0.05, 0) is 57.3 Å². The lowest BCUT2D eigenvalue weighted by Crippen LogP contribution is -2.38. The van der Waals surface area contributed by atoms with Crippen LogP contribution >= 0.6 is 0 Å². The van der Waals surface area contributed by atoms with Gasteiger partial charge in [0.1, 0.15) is 0 Å². The fraction of sp³-hybridized carbons (Fsp3) is 0.619. The van der Waals surface area contributed by atoms with E-state index in [0.717, 1.165) is 30.1 Å². The second kappa shape index (κ2) is 8.67. The Labute approximate surface area is 156 Å². The lowest BCUT2D eigenvalue weighted by atomic mass is 10.0. The quantitative estimate of drug-likeness (QED) is 0.796. The third kappa shape index (κ3) is 4.85. The predicted molar refractivity (Wildman–Crippen MR) is 104 cm³/mol. The molecule has 0 aromatic heterocycles. The summed E-state index contributed by atoms with van der Waals surface area (Å²) in [4.78, 5) is 28.9. The van der Waals surface area contributed by atoms with E-state index in [1.165, 1.54) is 25.9 Å². The van der Waals surface area contributed by atoms with Gasteiger partial charge in [0.05, 0.1) is 5.92 Å². The minimum atomic E-state index is -0.237. The summed E-state index contributed by atoms with van der Waals surface area (Å²) in [5.74, 6) is 0.602. The molecule has 1 N–H and O–H groups in total. The lowest BCUT2D eigenvalue weighted by Gasteiger charge is -2.30. The fourth-order valence-corrected chi connectivity index (χ4v) is 4.01. The molecule has 3 rings (SSSR count). The standard InChI is InChI=1S/C21H31N3O2/c1-16-6-8-19(9-7-16)24-15-18(13-20(24)25)21(26)22-10-4-12-23-11-3-5-17(2)14-23/h6-9,17-18H,3-5,10-15H2,1-2H3,(H,22,26). The van der Waals surface area contributed by atoms with E-state index in [2.05, 4.69) is 17.1 Å². The Morgan fingerprint density at radius 2 is 2.00 bits per heavy atom. The zero-order valence-electron chi connectivity index (χ0n) is 16.0. The molecule has 142 valence electrons. The number of hydrogen-bond donors (Lipinski definition) is 1. The van der Waals surface area contributed by atoms with Crippen LogP contribution in [-0.4, -0.2) is 49.4 Å². The van der Waals surface area contributed by atoms with E-state index in [1.807, 2.05) is 31.2 Å². The fourth-order valence-electron chi connectivity index (χ4n) is 4.01. The van der Waals surface area contributed by atoms with E-state index in [1.54, 1.807) is 4.90 Å². The zero-order valence-corrected chi connectivity index (χ0v) is 16.0. The van der Waals surface area contributed by atoms with Crippen molar-refractivity contribution < 1.29 is 9.59 Å². The summed E-state index contributed by atoms with van der Waals surface area (Å²) in [6.45, 7) is 8.92. The largest absolute Gasteiger partial charge is 0.356 e. The van der Waals surface area contributed by atoms with Gasteiger partial charge in [-0.2, -0.15) is 0 Å². The number of carbonyl (C=O) groups is 2. The lowest BCUT2D eigenvalue weighted by molar-refractivity contribution is -0.126. The van der Waals surface area contributed by atoms with Gasteiger partial charge in [-0.3, -0.25) is 9.59 Å². The molecule has 2 amide bonds. The van der Waals surface area contributed by atoms with Crippen LogP contribution in [0.1, 0.15) is 38.2 Å². The Morgan fingerprint density at radius 1 is 1.23 bits per heavy atom. The molecule has 0 radical (unpaired) electrons. The molecule has 5 heteroatoms. The van der Waals surface area contributed by atoms with Gasteiger partial charge >= 0.3 is 0 Å². The molecule has 5 nitrogen and oxygen atoms in total. The highest BCUT2D eigenvalue weighted by atomic mass is 16.2. The number of amides is 2. The highest BCUT2D eigenvalue weighted by Gasteiger charge is 2.34. The van der Waals surface area contributed by atoms with Gasteiger partial charge in [-0.1, -0.05) is 24.6 Å². The minimum absolute atomic E-state index is 0.0139. The molecule has 0 bridgehead atoms. The molecule has 2 atom stereocenters. The minimum Gasteiger partial charge on any atom is -0.356 e. The average Bonchev–Trinajstić information content (AvgIpc) is 3.01. The van der Waals surface area contributed by atoms with Gasteiger partial charge in [0.2, 0.25) is 11.8 Å². The second-order valence-corrected chi connectivity index (χ2v) is 7.93. The molecule has 0 saturated carbocycles. The first kappa shape index (κ1) is 18.9. The van der Waals surface area contributed by atoms with Crippen LogP contribution in [0.4, 0.5) is 5.69 Å². The molecule has 2 aliphatic heterocycles. The van der Waals surface area contributed by atoms with Crippen LogP contribution < -0.4 is 10.2 Å². The van der Waals surface area contributed by atoms with Gasteiger partial charge in [-0.15, -0.1) is 0 Å². The van der Waals surface area contributed by atoms with Crippen molar-refractivity contribution in [3.63, 3.8) is 0 Å². The molecule has 2 heterocycles. The SMILES string of the molecule is Cc1ccc(N2CC(C(=O)NCCCN3CCCC(C)C3)CC2=O)cc1. The summed E-state index contributed by atoms with van der Waals surface area (Å²) < 4.78 is 0. The van der Waals surface area contributed by atoms with Crippen LogP contribution in [0.15, 0.2) is 24.3 Å².